The molecule has 0 aromatic heterocycles. The van der Waals surface area contributed by atoms with E-state index >= 15 is 0 Å². The Morgan fingerprint density at radius 1 is 1.29 bits per heavy atom. The lowest BCUT2D eigenvalue weighted by atomic mass is 10.0. The van der Waals surface area contributed by atoms with Gasteiger partial charge in [-0.1, -0.05) is 0 Å². The summed E-state index contributed by atoms with van der Waals surface area (Å²) in [4.78, 5) is 11.8. The van der Waals surface area contributed by atoms with E-state index < -0.39 is 24.1 Å². The van der Waals surface area contributed by atoms with Crippen LogP contribution in [0, 0.1) is 0 Å². The van der Waals surface area contributed by atoms with Gasteiger partial charge < -0.3 is 29.4 Å². The van der Waals surface area contributed by atoms with E-state index in [1.54, 1.807) is 21.0 Å². The molecule has 0 unspecified atom stereocenters. The van der Waals surface area contributed by atoms with Gasteiger partial charge in [-0.05, 0) is 27.7 Å². The van der Waals surface area contributed by atoms with Gasteiger partial charge in [-0.25, -0.2) is 0 Å². The van der Waals surface area contributed by atoms with Crippen LogP contribution in [0.25, 0.3) is 0 Å². The zero-order chi connectivity index (χ0) is 15.8. The number of ether oxygens (including phenoxy) is 5. The topological polar surface area (TPSA) is 89.2 Å². The summed E-state index contributed by atoms with van der Waals surface area (Å²) in [5, 5.41) is 0. The summed E-state index contributed by atoms with van der Waals surface area (Å²) in [7, 11) is 1.55. The Morgan fingerprint density at radius 3 is 2.48 bits per heavy atom. The second-order valence-corrected chi connectivity index (χ2v) is 6.17. The van der Waals surface area contributed by atoms with E-state index in [0.717, 1.165) is 0 Å². The number of hydrogen-bond donors (Lipinski definition) is 1. The molecule has 0 bridgehead atoms. The zero-order valence-corrected chi connectivity index (χ0v) is 13.2. The third-order valence-electron chi connectivity index (χ3n) is 3.48. The Bertz CT molecular complexity index is 386. The Kier molecular flexibility index (Phi) is 4.89. The van der Waals surface area contributed by atoms with E-state index in [-0.39, 0.29) is 24.4 Å². The van der Waals surface area contributed by atoms with Crippen molar-refractivity contribution >= 4 is 5.97 Å². The quantitative estimate of drug-likeness (QED) is 0.742. The molecule has 2 rings (SSSR count). The molecular weight excluding hydrogens is 278 g/mol. The molecule has 2 aliphatic heterocycles. The van der Waals surface area contributed by atoms with Crippen LogP contribution in [0.2, 0.25) is 0 Å². The highest BCUT2D eigenvalue weighted by Gasteiger charge is 2.55. The highest BCUT2D eigenvalue weighted by molar-refractivity contribution is 5.75. The normalized spacial score (nSPS) is 35.8. The standard InChI is InChI=1S/C14H25NO6/c1-7(2)18-12(16)8(15)6-9-10-11(13(17-5)19-9)21-14(3,4)20-10/h7-11,13H,6,15H2,1-5H3/t8-,9+,10+,11+,13+/m0/s1. The second-order valence-electron chi connectivity index (χ2n) is 6.17. The van der Waals surface area contributed by atoms with Gasteiger partial charge in [0.15, 0.2) is 12.1 Å². The summed E-state index contributed by atoms with van der Waals surface area (Å²) in [5.41, 5.74) is 5.89. The van der Waals surface area contributed by atoms with E-state index in [4.69, 9.17) is 29.4 Å². The lowest BCUT2D eigenvalue weighted by molar-refractivity contribution is -0.228. The van der Waals surface area contributed by atoms with Gasteiger partial charge in [0.05, 0.1) is 12.2 Å². The average molecular weight is 303 g/mol. The number of fused-ring (bicyclic) bond motifs is 1. The van der Waals surface area contributed by atoms with Crippen LogP contribution in [0.1, 0.15) is 34.1 Å². The first-order chi connectivity index (χ1) is 9.73. The van der Waals surface area contributed by atoms with Gasteiger partial charge in [0.2, 0.25) is 0 Å². The van der Waals surface area contributed by atoms with Crippen LogP contribution in [0.5, 0.6) is 0 Å². The molecule has 0 aromatic carbocycles. The zero-order valence-electron chi connectivity index (χ0n) is 13.2. The fraction of sp³-hybridized carbons (Fsp3) is 0.929. The maximum absolute atomic E-state index is 11.8. The minimum atomic E-state index is -0.763. The maximum Gasteiger partial charge on any atom is 0.323 e. The average Bonchev–Trinajstić information content (AvgIpc) is 2.83. The minimum Gasteiger partial charge on any atom is -0.462 e. The summed E-state index contributed by atoms with van der Waals surface area (Å²) in [6, 6.07) is -0.763. The molecule has 0 aliphatic carbocycles. The lowest BCUT2D eigenvalue weighted by Gasteiger charge is -2.24. The fourth-order valence-electron chi connectivity index (χ4n) is 2.69. The molecular formula is C14H25NO6. The van der Waals surface area contributed by atoms with Crippen molar-refractivity contribution in [1.82, 2.24) is 0 Å². The van der Waals surface area contributed by atoms with E-state index in [0.29, 0.717) is 6.42 Å². The molecule has 2 fully saturated rings. The first-order valence-corrected chi connectivity index (χ1v) is 7.23. The molecule has 2 heterocycles. The van der Waals surface area contributed by atoms with Crippen molar-refractivity contribution in [3.8, 4) is 0 Å². The van der Waals surface area contributed by atoms with Gasteiger partial charge in [-0.15, -0.1) is 0 Å². The molecule has 0 saturated carbocycles. The predicted molar refractivity (Wildman–Crippen MR) is 73.3 cm³/mol. The van der Waals surface area contributed by atoms with Crippen molar-refractivity contribution in [2.45, 2.75) is 76.7 Å². The Hall–Kier alpha value is -0.730. The van der Waals surface area contributed by atoms with Gasteiger partial charge in [-0.2, -0.15) is 0 Å². The molecule has 7 nitrogen and oxygen atoms in total. The van der Waals surface area contributed by atoms with Gasteiger partial charge in [-0.3, -0.25) is 4.79 Å². The summed E-state index contributed by atoms with van der Waals surface area (Å²) in [6.07, 6.45) is -1.40. The number of nitrogens with two attached hydrogens (primary N) is 1. The van der Waals surface area contributed by atoms with Crippen molar-refractivity contribution < 1.29 is 28.5 Å². The first kappa shape index (κ1) is 16.6. The molecule has 0 aromatic rings. The van der Waals surface area contributed by atoms with Crippen LogP contribution >= 0.6 is 0 Å². The largest absolute Gasteiger partial charge is 0.462 e. The Balaban J connectivity index is 1.98. The van der Waals surface area contributed by atoms with Crippen LogP contribution in [0.3, 0.4) is 0 Å². The number of rotatable bonds is 5. The molecule has 2 N–H and O–H groups in total. The molecule has 2 aliphatic rings. The molecule has 21 heavy (non-hydrogen) atoms. The van der Waals surface area contributed by atoms with Crippen LogP contribution < -0.4 is 5.73 Å². The molecule has 122 valence electrons. The number of carbonyl (C=O) groups is 1. The number of carbonyl (C=O) groups excluding carboxylic acids is 1. The van der Waals surface area contributed by atoms with E-state index in [1.807, 2.05) is 13.8 Å². The van der Waals surface area contributed by atoms with E-state index in [2.05, 4.69) is 0 Å². The number of esters is 1. The SMILES string of the molecule is CO[C@@H]1O[C@H](C[C@H](N)C(=O)OC(C)C)[C@H]2OC(C)(C)O[C@@H]12. The third-order valence-corrected chi connectivity index (χ3v) is 3.48. The van der Waals surface area contributed by atoms with Crippen molar-refractivity contribution in [2.24, 2.45) is 5.73 Å². The highest BCUT2D eigenvalue weighted by atomic mass is 16.8. The van der Waals surface area contributed by atoms with Crippen LogP contribution in [-0.2, 0) is 28.5 Å². The predicted octanol–water partition coefficient (Wildman–Crippen LogP) is 0.547. The van der Waals surface area contributed by atoms with Crippen LogP contribution in [0.15, 0.2) is 0 Å². The number of methoxy groups -OCH3 is 1. The van der Waals surface area contributed by atoms with E-state index in [9.17, 15) is 4.79 Å². The summed E-state index contributed by atoms with van der Waals surface area (Å²) < 4.78 is 27.7. The Labute approximate surface area is 125 Å². The molecule has 0 spiro atoms. The van der Waals surface area contributed by atoms with Crippen molar-refractivity contribution in [3.05, 3.63) is 0 Å². The minimum absolute atomic E-state index is 0.197. The molecule has 0 radical (unpaired) electrons. The molecule has 7 heteroatoms. The van der Waals surface area contributed by atoms with Gasteiger partial charge in [0.25, 0.3) is 0 Å². The fourth-order valence-corrected chi connectivity index (χ4v) is 2.69. The van der Waals surface area contributed by atoms with Crippen LogP contribution in [0.4, 0.5) is 0 Å². The van der Waals surface area contributed by atoms with Crippen molar-refractivity contribution in [3.63, 3.8) is 0 Å². The number of hydrogen-bond acceptors (Lipinski definition) is 7. The third kappa shape index (κ3) is 3.73. The van der Waals surface area contributed by atoms with E-state index in [1.165, 1.54) is 0 Å². The van der Waals surface area contributed by atoms with Crippen molar-refractivity contribution in [2.75, 3.05) is 7.11 Å². The van der Waals surface area contributed by atoms with Crippen LogP contribution in [-0.4, -0.2) is 55.6 Å². The molecule has 2 saturated heterocycles. The monoisotopic (exact) mass is 303 g/mol. The highest BCUT2D eigenvalue weighted by Crippen LogP contribution is 2.40. The van der Waals surface area contributed by atoms with Gasteiger partial charge >= 0.3 is 5.97 Å². The second kappa shape index (κ2) is 6.18. The lowest BCUT2D eigenvalue weighted by Crippen LogP contribution is -2.40. The Morgan fingerprint density at radius 2 is 1.90 bits per heavy atom. The first-order valence-electron chi connectivity index (χ1n) is 7.23. The smallest absolute Gasteiger partial charge is 0.323 e. The van der Waals surface area contributed by atoms with Gasteiger partial charge in [0.1, 0.15) is 18.2 Å². The summed E-state index contributed by atoms with van der Waals surface area (Å²) in [6.45, 7) is 7.23. The molecule has 0 amide bonds. The molecule has 5 atom stereocenters. The van der Waals surface area contributed by atoms with Gasteiger partial charge in [0, 0.05) is 13.5 Å². The summed E-state index contributed by atoms with van der Waals surface area (Å²) in [5.74, 6) is -1.14. The van der Waals surface area contributed by atoms with Crippen molar-refractivity contribution in [1.29, 1.82) is 0 Å². The summed E-state index contributed by atoms with van der Waals surface area (Å²) >= 11 is 0. The maximum atomic E-state index is 11.8.